The van der Waals surface area contributed by atoms with E-state index >= 15 is 0 Å². The standard InChI is InChI=1S/C20H26N2O4S/c1-14-10-15(2)12-17(11-14)22(27(5,24)25)13-20(23)21-16(3)18-8-6-7-9-19(18)26-4/h6-12,16H,13H2,1-5H3,(H,21,23)/t16-/m0/s1. The molecule has 6 nitrogen and oxygen atoms in total. The lowest BCUT2D eigenvalue weighted by atomic mass is 10.1. The average Bonchev–Trinajstić information content (AvgIpc) is 2.57. The predicted octanol–water partition coefficient (Wildman–Crippen LogP) is 2.96. The molecule has 0 aliphatic carbocycles. The fraction of sp³-hybridized carbons (Fsp3) is 0.350. The summed E-state index contributed by atoms with van der Waals surface area (Å²) < 4.78 is 31.0. The fourth-order valence-corrected chi connectivity index (χ4v) is 3.85. The molecule has 0 aromatic heterocycles. The van der Waals surface area contributed by atoms with E-state index < -0.39 is 15.9 Å². The van der Waals surface area contributed by atoms with Gasteiger partial charge in [-0.3, -0.25) is 9.10 Å². The summed E-state index contributed by atoms with van der Waals surface area (Å²) in [4.78, 5) is 12.6. The number of sulfonamides is 1. The lowest BCUT2D eigenvalue weighted by Crippen LogP contribution is -2.41. The number of benzene rings is 2. The van der Waals surface area contributed by atoms with Crippen molar-refractivity contribution in [2.75, 3.05) is 24.2 Å². The quantitative estimate of drug-likeness (QED) is 0.789. The van der Waals surface area contributed by atoms with Crippen LogP contribution in [0.3, 0.4) is 0 Å². The van der Waals surface area contributed by atoms with Gasteiger partial charge < -0.3 is 10.1 Å². The van der Waals surface area contributed by atoms with Crippen LogP contribution in [-0.4, -0.2) is 34.2 Å². The largest absolute Gasteiger partial charge is 0.496 e. The van der Waals surface area contributed by atoms with E-state index in [9.17, 15) is 13.2 Å². The van der Waals surface area contributed by atoms with Crippen molar-refractivity contribution in [2.45, 2.75) is 26.8 Å². The van der Waals surface area contributed by atoms with Crippen molar-refractivity contribution >= 4 is 21.6 Å². The minimum Gasteiger partial charge on any atom is -0.496 e. The van der Waals surface area contributed by atoms with E-state index in [4.69, 9.17) is 4.74 Å². The molecule has 2 aromatic rings. The van der Waals surface area contributed by atoms with Crippen LogP contribution >= 0.6 is 0 Å². The van der Waals surface area contributed by atoms with Gasteiger partial charge in [-0.25, -0.2) is 8.42 Å². The van der Waals surface area contributed by atoms with Crippen molar-refractivity contribution in [2.24, 2.45) is 0 Å². The van der Waals surface area contributed by atoms with Crippen LogP contribution < -0.4 is 14.4 Å². The number of para-hydroxylation sites is 1. The van der Waals surface area contributed by atoms with Gasteiger partial charge in [-0.05, 0) is 50.1 Å². The number of carbonyl (C=O) groups excluding carboxylic acids is 1. The second kappa shape index (κ2) is 8.43. The highest BCUT2D eigenvalue weighted by atomic mass is 32.2. The van der Waals surface area contributed by atoms with Gasteiger partial charge in [-0.15, -0.1) is 0 Å². The van der Waals surface area contributed by atoms with Gasteiger partial charge in [0.15, 0.2) is 0 Å². The summed E-state index contributed by atoms with van der Waals surface area (Å²) in [6.45, 7) is 5.32. The maximum atomic E-state index is 12.6. The lowest BCUT2D eigenvalue weighted by Gasteiger charge is -2.24. The van der Waals surface area contributed by atoms with Crippen LogP contribution in [0.1, 0.15) is 29.7 Å². The number of anilines is 1. The van der Waals surface area contributed by atoms with E-state index in [1.807, 2.05) is 51.1 Å². The molecular weight excluding hydrogens is 364 g/mol. The Balaban J connectivity index is 2.22. The van der Waals surface area contributed by atoms with Crippen LogP contribution in [0.5, 0.6) is 5.75 Å². The molecule has 146 valence electrons. The Morgan fingerprint density at radius 1 is 1.15 bits per heavy atom. The SMILES string of the molecule is COc1ccccc1[C@H](C)NC(=O)CN(c1cc(C)cc(C)c1)S(C)(=O)=O. The Morgan fingerprint density at radius 3 is 2.30 bits per heavy atom. The van der Waals surface area contributed by atoms with E-state index in [1.54, 1.807) is 19.2 Å². The molecule has 1 amide bonds. The summed E-state index contributed by atoms with van der Waals surface area (Å²) in [5, 5.41) is 2.85. The molecule has 0 saturated heterocycles. The zero-order valence-corrected chi connectivity index (χ0v) is 17.1. The number of rotatable bonds is 7. The number of hydrogen-bond donors (Lipinski definition) is 1. The molecule has 0 saturated carbocycles. The zero-order chi connectivity index (χ0) is 20.2. The van der Waals surface area contributed by atoms with Crippen molar-refractivity contribution in [3.05, 3.63) is 59.2 Å². The van der Waals surface area contributed by atoms with Crippen LogP contribution in [0, 0.1) is 13.8 Å². The highest BCUT2D eigenvalue weighted by Gasteiger charge is 2.23. The Kier molecular flexibility index (Phi) is 6.49. The molecule has 0 unspecified atom stereocenters. The lowest BCUT2D eigenvalue weighted by molar-refractivity contribution is -0.120. The number of ether oxygens (including phenoxy) is 1. The van der Waals surface area contributed by atoms with Crippen LogP contribution in [-0.2, 0) is 14.8 Å². The normalized spacial score (nSPS) is 12.3. The highest BCUT2D eigenvalue weighted by molar-refractivity contribution is 7.92. The Morgan fingerprint density at radius 2 is 1.74 bits per heavy atom. The summed E-state index contributed by atoms with van der Waals surface area (Å²) in [7, 11) is -2.04. The number of amides is 1. The van der Waals surface area contributed by atoms with Gasteiger partial charge in [-0.2, -0.15) is 0 Å². The first-order valence-electron chi connectivity index (χ1n) is 8.60. The van der Waals surface area contributed by atoms with E-state index in [1.165, 1.54) is 0 Å². The number of methoxy groups -OCH3 is 1. The second-order valence-electron chi connectivity index (χ2n) is 6.65. The molecule has 2 aromatic carbocycles. The van der Waals surface area contributed by atoms with Gasteiger partial charge in [0.1, 0.15) is 12.3 Å². The van der Waals surface area contributed by atoms with Gasteiger partial charge in [0.2, 0.25) is 15.9 Å². The van der Waals surface area contributed by atoms with Gasteiger partial charge in [-0.1, -0.05) is 24.3 Å². The van der Waals surface area contributed by atoms with Crippen molar-refractivity contribution in [1.29, 1.82) is 0 Å². The first kappa shape index (κ1) is 20.8. The first-order chi connectivity index (χ1) is 12.6. The van der Waals surface area contributed by atoms with Crippen LogP contribution in [0.2, 0.25) is 0 Å². The Hall–Kier alpha value is -2.54. The second-order valence-corrected chi connectivity index (χ2v) is 8.55. The molecule has 2 rings (SSSR count). The van der Waals surface area contributed by atoms with E-state index in [-0.39, 0.29) is 12.6 Å². The summed E-state index contributed by atoms with van der Waals surface area (Å²) in [6.07, 6.45) is 1.10. The molecule has 0 bridgehead atoms. The molecule has 7 heteroatoms. The first-order valence-corrected chi connectivity index (χ1v) is 10.4. The minimum atomic E-state index is -3.61. The number of nitrogens with zero attached hydrogens (tertiary/aromatic N) is 1. The smallest absolute Gasteiger partial charge is 0.241 e. The summed E-state index contributed by atoms with van der Waals surface area (Å²) in [5.74, 6) is 0.276. The maximum absolute atomic E-state index is 12.6. The van der Waals surface area contributed by atoms with Crippen molar-refractivity contribution in [3.8, 4) is 5.75 Å². The van der Waals surface area contributed by atoms with Gasteiger partial charge >= 0.3 is 0 Å². The van der Waals surface area contributed by atoms with Crippen LogP contribution in [0.15, 0.2) is 42.5 Å². The zero-order valence-electron chi connectivity index (χ0n) is 16.3. The summed E-state index contributed by atoms with van der Waals surface area (Å²) in [6, 6.07) is 12.5. The predicted molar refractivity (Wildman–Crippen MR) is 108 cm³/mol. The molecule has 0 spiro atoms. The van der Waals surface area contributed by atoms with Crippen LogP contribution in [0.4, 0.5) is 5.69 Å². The molecule has 0 aliphatic rings. The Bertz CT molecular complexity index is 905. The molecule has 0 heterocycles. The topological polar surface area (TPSA) is 75.7 Å². The van der Waals surface area contributed by atoms with Crippen LogP contribution in [0.25, 0.3) is 0 Å². The number of aryl methyl sites for hydroxylation is 2. The molecule has 1 atom stereocenters. The Labute approximate surface area is 161 Å². The minimum absolute atomic E-state index is 0.290. The number of hydrogen-bond acceptors (Lipinski definition) is 4. The maximum Gasteiger partial charge on any atom is 0.241 e. The van der Waals surface area contributed by atoms with Crippen molar-refractivity contribution in [3.63, 3.8) is 0 Å². The third kappa shape index (κ3) is 5.47. The van der Waals surface area contributed by atoms with Gasteiger partial charge in [0.25, 0.3) is 0 Å². The van der Waals surface area contributed by atoms with E-state index in [0.29, 0.717) is 11.4 Å². The third-order valence-corrected chi connectivity index (χ3v) is 5.31. The number of carbonyl (C=O) groups is 1. The average molecular weight is 391 g/mol. The molecule has 0 fully saturated rings. The monoisotopic (exact) mass is 390 g/mol. The molecule has 1 N–H and O–H groups in total. The van der Waals surface area contributed by atoms with Crippen molar-refractivity contribution < 1.29 is 17.9 Å². The van der Waals surface area contributed by atoms with E-state index in [0.717, 1.165) is 27.3 Å². The molecule has 0 aliphatic heterocycles. The van der Waals surface area contributed by atoms with Gasteiger partial charge in [0, 0.05) is 5.56 Å². The van der Waals surface area contributed by atoms with Crippen molar-refractivity contribution in [1.82, 2.24) is 5.32 Å². The molecule has 0 radical (unpaired) electrons. The molecular formula is C20H26N2O4S. The molecule has 27 heavy (non-hydrogen) atoms. The highest BCUT2D eigenvalue weighted by Crippen LogP contribution is 2.25. The fourth-order valence-electron chi connectivity index (χ4n) is 3.01. The third-order valence-electron chi connectivity index (χ3n) is 4.16. The number of nitrogens with one attached hydrogen (secondary N) is 1. The summed E-state index contributed by atoms with van der Waals surface area (Å²) >= 11 is 0. The summed E-state index contributed by atoms with van der Waals surface area (Å²) in [5.41, 5.74) is 3.17. The van der Waals surface area contributed by atoms with E-state index in [2.05, 4.69) is 5.32 Å². The van der Waals surface area contributed by atoms with Gasteiger partial charge in [0.05, 0.1) is 25.1 Å².